The first-order valence-electron chi connectivity index (χ1n) is 5.65. The molecule has 1 saturated carbocycles. The van der Waals surface area contributed by atoms with Gasteiger partial charge in [0.25, 0.3) is 5.91 Å². The number of carboxylic acids is 1. The largest absolute Gasteiger partial charge is 0.478 e. The molecule has 0 spiro atoms. The predicted molar refractivity (Wildman–Crippen MR) is 60.0 cm³/mol. The van der Waals surface area contributed by atoms with Crippen molar-refractivity contribution in [3.05, 3.63) is 23.7 Å². The summed E-state index contributed by atoms with van der Waals surface area (Å²) in [5.74, 6) is -0.510. The Morgan fingerprint density at radius 3 is 2.76 bits per heavy atom. The van der Waals surface area contributed by atoms with Gasteiger partial charge in [-0.3, -0.25) is 4.79 Å². The molecule has 1 fully saturated rings. The van der Waals surface area contributed by atoms with Crippen LogP contribution in [-0.2, 0) is 0 Å². The number of aromatic carboxylic acids is 1. The van der Waals surface area contributed by atoms with Crippen LogP contribution in [-0.4, -0.2) is 35.5 Å². The molecule has 1 amide bonds. The quantitative estimate of drug-likeness (QED) is 0.848. The maximum absolute atomic E-state index is 11.9. The Morgan fingerprint density at radius 2 is 2.24 bits per heavy atom. The lowest BCUT2D eigenvalue weighted by Crippen LogP contribution is -2.27. The number of hydrogen-bond acceptors (Lipinski definition) is 3. The van der Waals surface area contributed by atoms with Gasteiger partial charge >= 0.3 is 5.97 Å². The van der Waals surface area contributed by atoms with Crippen LogP contribution < -0.4 is 0 Å². The fraction of sp³-hybridized carbons (Fsp3) is 0.500. The number of carbonyl (C=O) groups is 2. The minimum Gasteiger partial charge on any atom is -0.478 e. The van der Waals surface area contributed by atoms with Crippen LogP contribution in [0.3, 0.4) is 0 Å². The molecule has 1 aliphatic rings. The molecule has 92 valence electrons. The Balaban J connectivity index is 1.94. The fourth-order valence-electron chi connectivity index (χ4n) is 1.63. The number of hydrogen-bond donors (Lipinski definition) is 1. The highest BCUT2D eigenvalue weighted by Gasteiger charge is 2.23. The second kappa shape index (κ2) is 4.61. The second-order valence-corrected chi connectivity index (χ2v) is 4.46. The molecule has 0 unspecified atom stereocenters. The van der Waals surface area contributed by atoms with E-state index >= 15 is 0 Å². The highest BCUT2D eigenvalue weighted by molar-refractivity contribution is 5.95. The molecular weight excluding hydrogens is 222 g/mol. The van der Waals surface area contributed by atoms with Gasteiger partial charge in [0.15, 0.2) is 5.76 Å². The smallest absolute Gasteiger partial charge is 0.338 e. The lowest BCUT2D eigenvalue weighted by molar-refractivity contribution is 0.0695. The van der Waals surface area contributed by atoms with E-state index in [0.717, 1.165) is 18.6 Å². The summed E-state index contributed by atoms with van der Waals surface area (Å²) in [6, 6.07) is 1.26. The predicted octanol–water partition coefficient (Wildman–Crippen LogP) is 1.85. The van der Waals surface area contributed by atoms with Gasteiger partial charge in [-0.05, 0) is 12.3 Å². The average Bonchev–Trinajstić information content (AvgIpc) is 2.99. The highest BCUT2D eigenvalue weighted by atomic mass is 16.4. The van der Waals surface area contributed by atoms with Crippen LogP contribution in [0.4, 0.5) is 0 Å². The minimum atomic E-state index is -1.09. The van der Waals surface area contributed by atoms with Gasteiger partial charge < -0.3 is 14.4 Å². The number of rotatable bonds is 5. The van der Waals surface area contributed by atoms with Crippen molar-refractivity contribution >= 4 is 11.9 Å². The molecule has 5 nitrogen and oxygen atoms in total. The number of carbonyl (C=O) groups excluding carboxylic acids is 1. The number of carboxylic acid groups (broad SMARTS) is 1. The Bertz CT molecular complexity index is 433. The van der Waals surface area contributed by atoms with Crippen molar-refractivity contribution in [3.63, 3.8) is 0 Å². The zero-order chi connectivity index (χ0) is 12.4. The van der Waals surface area contributed by atoms with E-state index in [9.17, 15) is 9.59 Å². The molecule has 0 aliphatic heterocycles. The zero-order valence-corrected chi connectivity index (χ0v) is 9.68. The molecule has 0 atom stereocenters. The van der Waals surface area contributed by atoms with Crippen molar-refractivity contribution in [2.75, 3.05) is 13.6 Å². The first-order chi connectivity index (χ1) is 8.08. The third-order valence-electron chi connectivity index (χ3n) is 2.97. The summed E-state index contributed by atoms with van der Waals surface area (Å²) in [6.07, 6.45) is 4.61. The Labute approximate surface area is 99.0 Å². The summed E-state index contributed by atoms with van der Waals surface area (Å²) < 4.78 is 4.96. The molecule has 2 rings (SSSR count). The molecule has 5 heteroatoms. The summed E-state index contributed by atoms with van der Waals surface area (Å²) in [5.41, 5.74) is 0.00365. The highest BCUT2D eigenvalue weighted by Crippen LogP contribution is 2.32. The Kier molecular flexibility index (Phi) is 3.17. The molecule has 0 radical (unpaired) electrons. The van der Waals surface area contributed by atoms with E-state index in [-0.39, 0.29) is 17.2 Å². The van der Waals surface area contributed by atoms with Gasteiger partial charge in [-0.25, -0.2) is 4.79 Å². The lowest BCUT2D eigenvalue weighted by Gasteiger charge is -2.14. The van der Waals surface area contributed by atoms with Crippen molar-refractivity contribution < 1.29 is 19.1 Å². The molecule has 1 aromatic heterocycles. The second-order valence-electron chi connectivity index (χ2n) is 4.46. The summed E-state index contributed by atoms with van der Waals surface area (Å²) >= 11 is 0. The monoisotopic (exact) mass is 237 g/mol. The molecule has 1 N–H and O–H groups in total. The summed E-state index contributed by atoms with van der Waals surface area (Å²) in [6.45, 7) is 0.687. The van der Waals surface area contributed by atoms with Crippen LogP contribution in [0.25, 0.3) is 0 Å². The van der Waals surface area contributed by atoms with Crippen molar-refractivity contribution in [2.45, 2.75) is 19.3 Å². The van der Waals surface area contributed by atoms with E-state index in [2.05, 4.69) is 0 Å². The van der Waals surface area contributed by atoms with Crippen LogP contribution in [0, 0.1) is 5.92 Å². The molecule has 0 bridgehead atoms. The van der Waals surface area contributed by atoms with Crippen molar-refractivity contribution in [1.82, 2.24) is 4.90 Å². The molecule has 17 heavy (non-hydrogen) atoms. The number of furan rings is 1. The summed E-state index contributed by atoms with van der Waals surface area (Å²) in [5, 5.41) is 8.72. The summed E-state index contributed by atoms with van der Waals surface area (Å²) in [4.78, 5) is 24.1. The van der Waals surface area contributed by atoms with Gasteiger partial charge in [-0.2, -0.15) is 0 Å². The standard InChI is InChI=1S/C12H15NO4/c1-13(5-4-8-2-3-8)11(14)10-6-9(7-17-10)12(15)16/h6-8H,2-5H2,1H3,(H,15,16). The van der Waals surface area contributed by atoms with Crippen molar-refractivity contribution in [3.8, 4) is 0 Å². The SMILES string of the molecule is CN(CCC1CC1)C(=O)c1cc(C(=O)O)co1. The van der Waals surface area contributed by atoms with Crippen LogP contribution in [0.15, 0.2) is 16.7 Å². The first kappa shape index (κ1) is 11.7. The minimum absolute atomic E-state index is 0.00365. The molecule has 0 saturated heterocycles. The van der Waals surface area contributed by atoms with Gasteiger partial charge in [0, 0.05) is 19.7 Å². The van der Waals surface area contributed by atoms with E-state index in [0.29, 0.717) is 6.54 Å². The van der Waals surface area contributed by atoms with Crippen molar-refractivity contribution in [2.24, 2.45) is 5.92 Å². The van der Waals surface area contributed by atoms with Gasteiger partial charge in [0.2, 0.25) is 0 Å². The van der Waals surface area contributed by atoms with Crippen LogP contribution >= 0.6 is 0 Å². The van der Waals surface area contributed by atoms with Gasteiger partial charge in [-0.15, -0.1) is 0 Å². The van der Waals surface area contributed by atoms with Crippen LogP contribution in [0.5, 0.6) is 0 Å². The van der Waals surface area contributed by atoms with Crippen LogP contribution in [0.2, 0.25) is 0 Å². The van der Waals surface area contributed by atoms with Gasteiger partial charge in [-0.1, -0.05) is 12.8 Å². The maximum atomic E-state index is 11.9. The van der Waals surface area contributed by atoms with E-state index < -0.39 is 5.97 Å². The van der Waals surface area contributed by atoms with E-state index in [4.69, 9.17) is 9.52 Å². The Morgan fingerprint density at radius 1 is 1.53 bits per heavy atom. The Hall–Kier alpha value is -1.78. The van der Waals surface area contributed by atoms with Crippen molar-refractivity contribution in [1.29, 1.82) is 0 Å². The molecule has 1 aliphatic carbocycles. The molecule has 1 aromatic rings. The average molecular weight is 237 g/mol. The maximum Gasteiger partial charge on any atom is 0.338 e. The number of amides is 1. The summed E-state index contributed by atoms with van der Waals surface area (Å²) in [7, 11) is 1.70. The number of nitrogens with zero attached hydrogens (tertiary/aromatic N) is 1. The molecule has 1 heterocycles. The molecule has 0 aromatic carbocycles. The molecular formula is C12H15NO4. The van der Waals surface area contributed by atoms with Gasteiger partial charge in [0.05, 0.1) is 5.56 Å². The van der Waals surface area contributed by atoms with E-state index in [1.807, 2.05) is 0 Å². The van der Waals surface area contributed by atoms with E-state index in [1.54, 1.807) is 11.9 Å². The third kappa shape index (κ3) is 2.87. The lowest BCUT2D eigenvalue weighted by atomic mass is 10.2. The fourth-order valence-corrected chi connectivity index (χ4v) is 1.63. The van der Waals surface area contributed by atoms with E-state index in [1.165, 1.54) is 18.9 Å². The normalized spacial score (nSPS) is 14.6. The van der Waals surface area contributed by atoms with Crippen LogP contribution in [0.1, 0.15) is 40.2 Å². The van der Waals surface area contributed by atoms with Gasteiger partial charge in [0.1, 0.15) is 6.26 Å². The topological polar surface area (TPSA) is 70.8 Å². The third-order valence-corrected chi connectivity index (χ3v) is 2.97. The first-order valence-corrected chi connectivity index (χ1v) is 5.65. The zero-order valence-electron chi connectivity index (χ0n) is 9.68.